The van der Waals surface area contributed by atoms with Crippen LogP contribution >= 0.6 is 0 Å². The van der Waals surface area contributed by atoms with Crippen LogP contribution in [0.3, 0.4) is 0 Å². The van der Waals surface area contributed by atoms with Crippen molar-refractivity contribution in [1.82, 2.24) is 0 Å². The number of nitrogens with zero attached hydrogens (tertiary/aromatic N) is 2. The number of halogens is 1. The molecule has 2 aromatic carbocycles. The molecule has 0 unspecified atom stereocenters. The van der Waals surface area contributed by atoms with Gasteiger partial charge in [-0.2, -0.15) is 5.26 Å². The van der Waals surface area contributed by atoms with Gasteiger partial charge < -0.3 is 4.90 Å². The summed E-state index contributed by atoms with van der Waals surface area (Å²) in [6, 6.07) is 16.7. The van der Waals surface area contributed by atoms with Gasteiger partial charge in [-0.3, -0.25) is 0 Å². The summed E-state index contributed by atoms with van der Waals surface area (Å²) in [5.74, 6) is -0.353. The van der Waals surface area contributed by atoms with E-state index in [9.17, 15) is 4.39 Å². The van der Waals surface area contributed by atoms with Crippen LogP contribution in [-0.4, -0.2) is 6.04 Å². The summed E-state index contributed by atoms with van der Waals surface area (Å²) in [5, 5.41) is 8.81. The topological polar surface area (TPSA) is 27.0 Å². The van der Waals surface area contributed by atoms with Crippen LogP contribution in [0.5, 0.6) is 0 Å². The Morgan fingerprint density at radius 2 is 1.85 bits per heavy atom. The van der Waals surface area contributed by atoms with E-state index >= 15 is 0 Å². The van der Waals surface area contributed by atoms with E-state index in [-0.39, 0.29) is 11.9 Å². The van der Waals surface area contributed by atoms with Crippen LogP contribution in [0.15, 0.2) is 48.5 Å². The maximum Gasteiger partial charge on any atom is 0.147 e. The zero-order valence-corrected chi connectivity index (χ0v) is 11.7. The second-order valence-corrected chi connectivity index (χ2v) is 4.99. The Kier molecular flexibility index (Phi) is 4.37. The average Bonchev–Trinajstić information content (AvgIpc) is 2.46. The molecule has 0 amide bonds. The predicted octanol–water partition coefficient (Wildman–Crippen LogP) is 4.11. The first-order chi connectivity index (χ1) is 9.61. The Balaban J connectivity index is 2.32. The molecule has 0 saturated heterocycles. The molecule has 0 radical (unpaired) electrons. The number of hydrogen-bond acceptors (Lipinski definition) is 2. The van der Waals surface area contributed by atoms with Crippen LogP contribution in [0.1, 0.15) is 25.0 Å². The first-order valence-electron chi connectivity index (χ1n) is 6.62. The summed E-state index contributed by atoms with van der Waals surface area (Å²) >= 11 is 0. The highest BCUT2D eigenvalue weighted by molar-refractivity contribution is 5.52. The largest absolute Gasteiger partial charge is 0.362 e. The maximum atomic E-state index is 14.2. The lowest BCUT2D eigenvalue weighted by atomic mass is 10.1. The van der Waals surface area contributed by atoms with Gasteiger partial charge in [-0.25, -0.2) is 4.39 Å². The second kappa shape index (κ2) is 6.21. The molecule has 0 aliphatic rings. The third-order valence-corrected chi connectivity index (χ3v) is 3.21. The van der Waals surface area contributed by atoms with Crippen molar-refractivity contribution in [2.24, 2.45) is 0 Å². The highest BCUT2D eigenvalue weighted by atomic mass is 19.1. The fraction of sp³-hybridized carbons (Fsp3) is 0.235. The van der Waals surface area contributed by atoms with E-state index in [1.165, 1.54) is 6.07 Å². The quantitative estimate of drug-likeness (QED) is 0.834. The molecule has 0 heterocycles. The van der Waals surface area contributed by atoms with E-state index < -0.39 is 0 Å². The van der Waals surface area contributed by atoms with Crippen molar-refractivity contribution in [2.45, 2.75) is 26.4 Å². The molecule has 0 aromatic heterocycles. The van der Waals surface area contributed by atoms with Crippen LogP contribution in [0, 0.1) is 17.1 Å². The smallest absolute Gasteiger partial charge is 0.147 e. The standard InChI is InChI=1S/C17H17FN2/c1-13(2)20(12-14-6-4-3-5-7-14)17-9-8-15(11-19)10-16(17)18/h3-10,13H,12H2,1-2H3. The molecule has 0 saturated carbocycles. The molecule has 0 N–H and O–H groups in total. The molecule has 0 spiro atoms. The maximum absolute atomic E-state index is 14.2. The van der Waals surface area contributed by atoms with Crippen molar-refractivity contribution < 1.29 is 4.39 Å². The van der Waals surface area contributed by atoms with E-state index in [0.29, 0.717) is 17.8 Å². The fourth-order valence-electron chi connectivity index (χ4n) is 2.14. The second-order valence-electron chi connectivity index (χ2n) is 4.99. The van der Waals surface area contributed by atoms with Crippen molar-refractivity contribution in [3.63, 3.8) is 0 Å². The van der Waals surface area contributed by atoms with Crippen molar-refractivity contribution in [1.29, 1.82) is 5.26 Å². The molecule has 0 atom stereocenters. The van der Waals surface area contributed by atoms with Crippen molar-refractivity contribution in [2.75, 3.05) is 4.90 Å². The minimum atomic E-state index is -0.353. The summed E-state index contributed by atoms with van der Waals surface area (Å²) in [5.41, 5.74) is 2.00. The molecule has 0 fully saturated rings. The molecule has 102 valence electrons. The first-order valence-corrected chi connectivity index (χ1v) is 6.62. The van der Waals surface area contributed by atoms with Gasteiger partial charge in [-0.05, 0) is 37.6 Å². The first kappa shape index (κ1) is 14.1. The van der Waals surface area contributed by atoms with Crippen LogP contribution < -0.4 is 4.90 Å². The van der Waals surface area contributed by atoms with Gasteiger partial charge >= 0.3 is 0 Å². The monoisotopic (exact) mass is 268 g/mol. The minimum Gasteiger partial charge on any atom is -0.362 e. The van der Waals surface area contributed by atoms with Gasteiger partial charge in [0.05, 0.1) is 17.3 Å². The number of anilines is 1. The Morgan fingerprint density at radius 1 is 1.15 bits per heavy atom. The summed E-state index contributed by atoms with van der Waals surface area (Å²) in [7, 11) is 0. The fourth-order valence-corrected chi connectivity index (χ4v) is 2.14. The molecule has 0 aliphatic heterocycles. The molecule has 0 aliphatic carbocycles. The van der Waals surface area contributed by atoms with Gasteiger partial charge in [0, 0.05) is 12.6 Å². The van der Waals surface area contributed by atoms with Gasteiger partial charge in [-0.15, -0.1) is 0 Å². The molecule has 20 heavy (non-hydrogen) atoms. The van der Waals surface area contributed by atoms with E-state index in [2.05, 4.69) is 0 Å². The summed E-state index contributed by atoms with van der Waals surface area (Å²) in [6.45, 7) is 4.70. The predicted molar refractivity (Wildman–Crippen MR) is 78.9 cm³/mol. The average molecular weight is 268 g/mol. The molecular weight excluding hydrogens is 251 g/mol. The highest BCUT2D eigenvalue weighted by Crippen LogP contribution is 2.24. The third-order valence-electron chi connectivity index (χ3n) is 3.21. The third kappa shape index (κ3) is 3.16. The highest BCUT2D eigenvalue weighted by Gasteiger charge is 2.15. The molecule has 2 nitrogen and oxygen atoms in total. The molecule has 0 bridgehead atoms. The zero-order valence-electron chi connectivity index (χ0n) is 11.7. The summed E-state index contributed by atoms with van der Waals surface area (Å²) < 4.78 is 14.2. The van der Waals surface area contributed by atoms with Gasteiger partial charge in [0.25, 0.3) is 0 Å². The van der Waals surface area contributed by atoms with Crippen molar-refractivity contribution in [3.8, 4) is 6.07 Å². The number of hydrogen-bond donors (Lipinski definition) is 0. The Hall–Kier alpha value is -2.34. The van der Waals surface area contributed by atoms with Crippen LogP contribution in [0.4, 0.5) is 10.1 Å². The van der Waals surface area contributed by atoms with E-state index in [1.807, 2.05) is 55.1 Å². The Morgan fingerprint density at radius 3 is 2.40 bits per heavy atom. The lowest BCUT2D eigenvalue weighted by molar-refractivity contribution is 0.598. The van der Waals surface area contributed by atoms with Crippen LogP contribution in [0.25, 0.3) is 0 Å². The van der Waals surface area contributed by atoms with E-state index in [1.54, 1.807) is 12.1 Å². The normalized spacial score (nSPS) is 10.3. The van der Waals surface area contributed by atoms with Crippen LogP contribution in [0.2, 0.25) is 0 Å². The number of benzene rings is 2. The minimum absolute atomic E-state index is 0.164. The van der Waals surface area contributed by atoms with Gasteiger partial charge in [0.1, 0.15) is 5.82 Å². The lowest BCUT2D eigenvalue weighted by Crippen LogP contribution is -2.30. The molecule has 2 aromatic rings. The Labute approximate surface area is 119 Å². The van der Waals surface area contributed by atoms with Crippen molar-refractivity contribution in [3.05, 3.63) is 65.5 Å². The van der Waals surface area contributed by atoms with Crippen LogP contribution in [-0.2, 0) is 6.54 Å². The van der Waals surface area contributed by atoms with E-state index in [4.69, 9.17) is 5.26 Å². The number of nitriles is 1. The Bertz CT molecular complexity index is 615. The number of rotatable bonds is 4. The van der Waals surface area contributed by atoms with Crippen molar-refractivity contribution >= 4 is 5.69 Å². The molecular formula is C17H17FN2. The SMILES string of the molecule is CC(C)N(Cc1ccccc1)c1ccc(C#N)cc1F. The van der Waals surface area contributed by atoms with Gasteiger partial charge in [-0.1, -0.05) is 30.3 Å². The van der Waals surface area contributed by atoms with Gasteiger partial charge in [0.15, 0.2) is 0 Å². The van der Waals surface area contributed by atoms with E-state index in [0.717, 1.165) is 5.56 Å². The summed E-state index contributed by atoms with van der Waals surface area (Å²) in [6.07, 6.45) is 0. The zero-order chi connectivity index (χ0) is 14.5. The molecule has 2 rings (SSSR count). The molecule has 3 heteroatoms. The summed E-state index contributed by atoms with van der Waals surface area (Å²) in [4.78, 5) is 1.99. The lowest BCUT2D eigenvalue weighted by Gasteiger charge is -2.29. The van der Waals surface area contributed by atoms with Gasteiger partial charge in [0.2, 0.25) is 0 Å².